The molecular formula is C17H20O5S2. The Morgan fingerprint density at radius 2 is 1.58 bits per heavy atom. The predicted molar refractivity (Wildman–Crippen MR) is 92.5 cm³/mol. The highest BCUT2D eigenvalue weighted by Crippen LogP contribution is 2.30. The van der Waals surface area contributed by atoms with E-state index in [-0.39, 0.29) is 21.5 Å². The average Bonchev–Trinajstić information content (AvgIpc) is 2.53. The van der Waals surface area contributed by atoms with Crippen molar-refractivity contribution in [2.75, 3.05) is 6.26 Å². The van der Waals surface area contributed by atoms with Gasteiger partial charge in [-0.1, -0.05) is 38.1 Å². The Hall–Kier alpha value is -1.86. The van der Waals surface area contributed by atoms with Crippen molar-refractivity contribution in [1.29, 1.82) is 0 Å². The smallest absolute Gasteiger partial charge is 0.339 e. The van der Waals surface area contributed by atoms with Gasteiger partial charge in [0.2, 0.25) is 0 Å². The van der Waals surface area contributed by atoms with Crippen LogP contribution < -0.4 is 4.18 Å². The molecule has 0 amide bonds. The lowest BCUT2D eigenvalue weighted by Gasteiger charge is -2.15. The molecule has 0 bridgehead atoms. The molecule has 0 aliphatic carbocycles. The molecule has 5 nitrogen and oxygen atoms in total. The largest absolute Gasteiger partial charge is 0.379 e. The van der Waals surface area contributed by atoms with Gasteiger partial charge in [-0.25, -0.2) is 8.42 Å². The highest BCUT2D eigenvalue weighted by atomic mass is 32.2. The number of rotatable bonds is 6. The van der Waals surface area contributed by atoms with Gasteiger partial charge in [0, 0.05) is 6.26 Å². The molecular weight excluding hydrogens is 348 g/mol. The molecule has 0 spiro atoms. The number of sulfone groups is 1. The van der Waals surface area contributed by atoms with Crippen LogP contribution in [-0.2, 0) is 20.0 Å². The van der Waals surface area contributed by atoms with E-state index in [1.165, 1.54) is 18.2 Å². The molecule has 24 heavy (non-hydrogen) atoms. The monoisotopic (exact) mass is 368 g/mol. The van der Waals surface area contributed by atoms with Crippen LogP contribution in [0.2, 0.25) is 0 Å². The lowest BCUT2D eigenvalue weighted by atomic mass is 9.98. The molecule has 0 aliphatic rings. The highest BCUT2D eigenvalue weighted by molar-refractivity contribution is 7.90. The van der Waals surface area contributed by atoms with Crippen LogP contribution in [0.4, 0.5) is 0 Å². The van der Waals surface area contributed by atoms with E-state index in [1.807, 2.05) is 26.0 Å². The molecule has 7 heteroatoms. The van der Waals surface area contributed by atoms with Crippen LogP contribution >= 0.6 is 0 Å². The van der Waals surface area contributed by atoms with E-state index < -0.39 is 20.0 Å². The summed E-state index contributed by atoms with van der Waals surface area (Å²) < 4.78 is 53.6. The Labute approximate surface area is 143 Å². The molecule has 0 fully saturated rings. The number of hydrogen-bond donors (Lipinski definition) is 0. The minimum atomic E-state index is -4.12. The van der Waals surface area contributed by atoms with E-state index in [0.717, 1.165) is 24.3 Å². The Morgan fingerprint density at radius 3 is 2.21 bits per heavy atom. The van der Waals surface area contributed by atoms with E-state index in [2.05, 4.69) is 0 Å². The van der Waals surface area contributed by atoms with Crippen LogP contribution in [0.5, 0.6) is 5.75 Å². The standard InChI is InChI=1S/C17H20O5S2/c1-4-13(2)16-10-5-6-11-17(16)22-24(20,21)15-9-7-8-14(12-15)23(3,18)19/h5-13H,4H2,1-3H3/t13-/m0/s1. The minimum Gasteiger partial charge on any atom is -0.379 e. The molecule has 0 aromatic heterocycles. The number of benzene rings is 2. The quantitative estimate of drug-likeness (QED) is 0.731. The summed E-state index contributed by atoms with van der Waals surface area (Å²) in [6.07, 6.45) is 1.86. The van der Waals surface area contributed by atoms with Crippen molar-refractivity contribution in [3.63, 3.8) is 0 Å². The molecule has 0 unspecified atom stereocenters. The van der Waals surface area contributed by atoms with Crippen molar-refractivity contribution in [3.05, 3.63) is 54.1 Å². The second kappa shape index (κ2) is 6.94. The Balaban J connectivity index is 2.44. The first-order valence-corrected chi connectivity index (χ1v) is 10.8. The zero-order valence-corrected chi connectivity index (χ0v) is 15.4. The molecule has 2 rings (SSSR count). The van der Waals surface area contributed by atoms with Crippen molar-refractivity contribution >= 4 is 20.0 Å². The summed E-state index contributed by atoms with van der Waals surface area (Å²) in [5.74, 6) is 0.398. The summed E-state index contributed by atoms with van der Waals surface area (Å²) in [4.78, 5) is -0.258. The van der Waals surface area contributed by atoms with Gasteiger partial charge in [-0.15, -0.1) is 0 Å². The van der Waals surface area contributed by atoms with Crippen LogP contribution in [0.15, 0.2) is 58.3 Å². The van der Waals surface area contributed by atoms with Crippen molar-refractivity contribution in [2.24, 2.45) is 0 Å². The average molecular weight is 368 g/mol. The molecule has 0 aliphatic heterocycles. The summed E-state index contributed by atoms with van der Waals surface area (Å²) >= 11 is 0. The Kier molecular flexibility index (Phi) is 5.35. The fraction of sp³-hybridized carbons (Fsp3) is 0.294. The second-order valence-corrected chi connectivity index (χ2v) is 9.19. The van der Waals surface area contributed by atoms with Gasteiger partial charge in [0.15, 0.2) is 9.84 Å². The van der Waals surface area contributed by atoms with Gasteiger partial charge in [-0.3, -0.25) is 0 Å². The molecule has 0 N–H and O–H groups in total. The van der Waals surface area contributed by atoms with Crippen molar-refractivity contribution < 1.29 is 21.0 Å². The zero-order chi connectivity index (χ0) is 18.0. The van der Waals surface area contributed by atoms with Crippen LogP contribution in [0.3, 0.4) is 0 Å². The van der Waals surface area contributed by atoms with Crippen molar-refractivity contribution in [1.82, 2.24) is 0 Å². The molecule has 0 saturated carbocycles. The van der Waals surface area contributed by atoms with Gasteiger partial charge in [0.1, 0.15) is 10.6 Å². The van der Waals surface area contributed by atoms with E-state index in [0.29, 0.717) is 0 Å². The van der Waals surface area contributed by atoms with Gasteiger partial charge in [0.25, 0.3) is 0 Å². The fourth-order valence-corrected chi connectivity index (χ4v) is 3.95. The summed E-state index contributed by atoms with van der Waals surface area (Å²) in [5, 5.41) is 0. The Morgan fingerprint density at radius 1 is 0.958 bits per heavy atom. The van der Waals surface area contributed by atoms with Crippen molar-refractivity contribution in [2.45, 2.75) is 36.0 Å². The lowest BCUT2D eigenvalue weighted by Crippen LogP contribution is -2.12. The van der Waals surface area contributed by atoms with E-state index in [1.54, 1.807) is 12.1 Å². The van der Waals surface area contributed by atoms with Gasteiger partial charge in [-0.2, -0.15) is 8.42 Å². The van der Waals surface area contributed by atoms with E-state index in [4.69, 9.17) is 4.18 Å². The SMILES string of the molecule is CC[C@H](C)c1ccccc1OS(=O)(=O)c1cccc(S(C)(=O)=O)c1. The molecule has 0 saturated heterocycles. The first kappa shape index (κ1) is 18.5. The zero-order valence-electron chi connectivity index (χ0n) is 13.8. The molecule has 1 atom stereocenters. The topological polar surface area (TPSA) is 77.5 Å². The predicted octanol–water partition coefficient (Wildman–Crippen LogP) is 3.37. The maximum atomic E-state index is 12.5. The van der Waals surface area contributed by atoms with Crippen LogP contribution in [-0.4, -0.2) is 23.1 Å². The normalized spacial score (nSPS) is 13.5. The van der Waals surface area contributed by atoms with E-state index >= 15 is 0 Å². The number of hydrogen-bond acceptors (Lipinski definition) is 5. The highest BCUT2D eigenvalue weighted by Gasteiger charge is 2.21. The maximum Gasteiger partial charge on any atom is 0.339 e. The summed E-state index contributed by atoms with van der Waals surface area (Å²) in [7, 11) is -7.63. The van der Waals surface area contributed by atoms with Crippen LogP contribution in [0, 0.1) is 0 Å². The maximum absolute atomic E-state index is 12.5. The lowest BCUT2D eigenvalue weighted by molar-refractivity contribution is 0.479. The van der Waals surface area contributed by atoms with Gasteiger partial charge >= 0.3 is 10.1 Å². The molecule has 0 radical (unpaired) electrons. The third-order valence-corrected chi connectivity index (χ3v) is 6.12. The first-order chi connectivity index (χ1) is 11.1. The first-order valence-electron chi connectivity index (χ1n) is 7.48. The van der Waals surface area contributed by atoms with Gasteiger partial charge in [0.05, 0.1) is 4.90 Å². The van der Waals surface area contributed by atoms with Crippen LogP contribution in [0.1, 0.15) is 31.7 Å². The van der Waals surface area contributed by atoms with Crippen molar-refractivity contribution in [3.8, 4) is 5.75 Å². The third kappa shape index (κ3) is 4.15. The fourth-order valence-electron chi connectivity index (χ4n) is 2.21. The molecule has 2 aromatic carbocycles. The Bertz CT molecular complexity index is 931. The molecule has 130 valence electrons. The van der Waals surface area contributed by atoms with Crippen LogP contribution in [0.25, 0.3) is 0 Å². The van der Waals surface area contributed by atoms with E-state index in [9.17, 15) is 16.8 Å². The summed E-state index contributed by atoms with van der Waals surface area (Å²) in [6, 6.07) is 12.1. The third-order valence-electron chi connectivity index (χ3n) is 3.78. The summed E-state index contributed by atoms with van der Waals surface area (Å²) in [5.41, 5.74) is 0.794. The molecule has 0 heterocycles. The molecule has 2 aromatic rings. The second-order valence-electron chi connectivity index (χ2n) is 5.63. The summed E-state index contributed by atoms with van der Waals surface area (Å²) in [6.45, 7) is 3.99. The van der Waals surface area contributed by atoms with Gasteiger partial charge < -0.3 is 4.18 Å². The number of para-hydroxylation sites is 1. The minimum absolute atomic E-state index is 0.0672. The van der Waals surface area contributed by atoms with Gasteiger partial charge in [-0.05, 0) is 42.2 Å².